The molecule has 7 nitrogen and oxygen atoms in total. The highest BCUT2D eigenvalue weighted by Gasteiger charge is 2.20. The zero-order valence-electron chi connectivity index (χ0n) is 12.0. The van der Waals surface area contributed by atoms with Crippen molar-refractivity contribution in [3.8, 4) is 0 Å². The maximum Gasteiger partial charge on any atom is 0.270 e. The van der Waals surface area contributed by atoms with E-state index in [4.69, 9.17) is 0 Å². The van der Waals surface area contributed by atoms with E-state index in [0.29, 0.717) is 24.9 Å². The van der Waals surface area contributed by atoms with Crippen LogP contribution in [0.4, 0.5) is 5.69 Å². The highest BCUT2D eigenvalue weighted by Crippen LogP contribution is 2.22. The number of halogens is 1. The lowest BCUT2D eigenvalue weighted by Gasteiger charge is -2.10. The smallest absolute Gasteiger partial charge is 0.270 e. The second-order valence-electron chi connectivity index (χ2n) is 4.26. The number of benzene rings is 1. The first-order valence-corrected chi connectivity index (χ1v) is 7.82. The summed E-state index contributed by atoms with van der Waals surface area (Å²) in [5.74, 6) is 0. The van der Waals surface area contributed by atoms with Crippen molar-refractivity contribution >= 4 is 28.1 Å². The van der Waals surface area contributed by atoms with Gasteiger partial charge in [0.1, 0.15) is 0 Å². The second-order valence-corrected chi connectivity index (χ2v) is 5.99. The van der Waals surface area contributed by atoms with Crippen molar-refractivity contribution in [2.75, 3.05) is 20.1 Å². The number of sulfonamides is 1. The lowest BCUT2D eigenvalue weighted by atomic mass is 10.1. The Balaban J connectivity index is 0.00000400. The molecular formula is C12H20ClN3O4S. The maximum atomic E-state index is 12.2. The number of nitro benzene ring substituents is 1. The monoisotopic (exact) mass is 337 g/mol. The number of nitrogens with one attached hydrogen (secondary N) is 2. The minimum absolute atomic E-state index is 0. The van der Waals surface area contributed by atoms with E-state index in [1.54, 1.807) is 14.0 Å². The van der Waals surface area contributed by atoms with Gasteiger partial charge in [-0.05, 0) is 32.0 Å². The third-order valence-corrected chi connectivity index (χ3v) is 4.37. The predicted octanol–water partition coefficient (Wildman–Crippen LogP) is 1.47. The topological polar surface area (TPSA) is 101 Å². The van der Waals surface area contributed by atoms with Crippen LogP contribution in [0.5, 0.6) is 0 Å². The first-order chi connectivity index (χ1) is 9.42. The first kappa shape index (κ1) is 19.8. The van der Waals surface area contributed by atoms with Gasteiger partial charge in [0.25, 0.3) is 5.69 Å². The average Bonchev–Trinajstić information content (AvgIpc) is 2.42. The summed E-state index contributed by atoms with van der Waals surface area (Å²) in [6, 6.07) is 3.92. The van der Waals surface area contributed by atoms with Crippen molar-refractivity contribution in [1.29, 1.82) is 0 Å². The molecule has 0 saturated heterocycles. The summed E-state index contributed by atoms with van der Waals surface area (Å²) in [7, 11) is -1.94. The van der Waals surface area contributed by atoms with E-state index in [-0.39, 0.29) is 29.5 Å². The Hall–Kier alpha value is -1.22. The third-order valence-electron chi connectivity index (χ3n) is 2.83. The molecule has 1 rings (SSSR count). The van der Waals surface area contributed by atoms with E-state index in [1.807, 2.05) is 0 Å². The van der Waals surface area contributed by atoms with Gasteiger partial charge >= 0.3 is 0 Å². The van der Waals surface area contributed by atoms with E-state index in [1.165, 1.54) is 12.1 Å². The fourth-order valence-electron chi connectivity index (χ4n) is 1.75. The maximum absolute atomic E-state index is 12.2. The summed E-state index contributed by atoms with van der Waals surface area (Å²) in [4.78, 5) is 10.1. The van der Waals surface area contributed by atoms with Crippen LogP contribution >= 0.6 is 12.4 Å². The van der Waals surface area contributed by atoms with E-state index >= 15 is 0 Å². The van der Waals surface area contributed by atoms with Crippen molar-refractivity contribution in [3.63, 3.8) is 0 Å². The molecule has 0 saturated carbocycles. The van der Waals surface area contributed by atoms with Crippen molar-refractivity contribution in [3.05, 3.63) is 33.9 Å². The van der Waals surface area contributed by atoms with Crippen molar-refractivity contribution < 1.29 is 13.3 Å². The molecule has 0 aliphatic carbocycles. The minimum atomic E-state index is -3.72. The molecule has 0 radical (unpaired) electrons. The van der Waals surface area contributed by atoms with Gasteiger partial charge in [-0.15, -0.1) is 12.4 Å². The number of aryl methyl sites for hydroxylation is 1. The van der Waals surface area contributed by atoms with Gasteiger partial charge in [-0.3, -0.25) is 10.1 Å². The molecule has 21 heavy (non-hydrogen) atoms. The van der Waals surface area contributed by atoms with Crippen LogP contribution in [0.15, 0.2) is 23.1 Å². The molecule has 0 aliphatic rings. The van der Waals surface area contributed by atoms with E-state index in [0.717, 1.165) is 6.07 Å². The molecule has 2 N–H and O–H groups in total. The van der Waals surface area contributed by atoms with Gasteiger partial charge in [-0.25, -0.2) is 13.1 Å². The van der Waals surface area contributed by atoms with E-state index in [9.17, 15) is 18.5 Å². The third kappa shape index (κ3) is 5.58. The van der Waals surface area contributed by atoms with Gasteiger partial charge in [0.05, 0.1) is 9.82 Å². The molecular weight excluding hydrogens is 318 g/mol. The Morgan fingerprint density at radius 3 is 2.48 bits per heavy atom. The van der Waals surface area contributed by atoms with Crippen LogP contribution in [0, 0.1) is 10.1 Å². The zero-order chi connectivity index (χ0) is 15.2. The average molecular weight is 338 g/mol. The molecule has 0 atom stereocenters. The molecule has 0 aromatic heterocycles. The SMILES string of the molecule is CCc1ccc([N+](=O)[O-])cc1S(=O)(=O)NCCCNC.Cl. The summed E-state index contributed by atoms with van der Waals surface area (Å²) in [5, 5.41) is 13.7. The largest absolute Gasteiger partial charge is 0.320 e. The summed E-state index contributed by atoms with van der Waals surface area (Å²) >= 11 is 0. The number of hydrogen-bond acceptors (Lipinski definition) is 5. The number of nitrogens with zero attached hydrogens (tertiary/aromatic N) is 1. The Kier molecular flexibility index (Phi) is 8.41. The van der Waals surface area contributed by atoms with Crippen LogP contribution in [-0.2, 0) is 16.4 Å². The molecule has 0 heterocycles. The summed E-state index contributed by atoms with van der Waals surface area (Å²) in [6.45, 7) is 2.79. The van der Waals surface area contributed by atoms with Crippen LogP contribution in [-0.4, -0.2) is 33.5 Å². The van der Waals surface area contributed by atoms with Crippen molar-refractivity contribution in [2.24, 2.45) is 0 Å². The lowest BCUT2D eigenvalue weighted by molar-refractivity contribution is -0.385. The fourth-order valence-corrected chi connectivity index (χ4v) is 3.15. The summed E-state index contributed by atoms with van der Waals surface area (Å²) < 4.78 is 26.9. The fraction of sp³-hybridized carbons (Fsp3) is 0.500. The normalized spacial score (nSPS) is 11.0. The van der Waals surface area contributed by atoms with Gasteiger partial charge in [0.2, 0.25) is 10.0 Å². The molecule has 1 aromatic carbocycles. The summed E-state index contributed by atoms with van der Waals surface area (Å²) in [5.41, 5.74) is 0.342. The zero-order valence-corrected chi connectivity index (χ0v) is 13.6. The van der Waals surface area contributed by atoms with Crippen LogP contribution in [0.2, 0.25) is 0 Å². The standard InChI is InChI=1S/C12H19N3O4S.ClH/c1-3-10-5-6-11(15(16)17)9-12(10)20(18,19)14-8-4-7-13-2;/h5-6,9,13-14H,3-4,7-8H2,1-2H3;1H. The Bertz CT molecular complexity index is 578. The Morgan fingerprint density at radius 1 is 1.29 bits per heavy atom. The van der Waals surface area contributed by atoms with E-state index in [2.05, 4.69) is 10.0 Å². The Labute approximate surface area is 130 Å². The first-order valence-electron chi connectivity index (χ1n) is 6.34. The van der Waals surface area contributed by atoms with Crippen LogP contribution in [0.25, 0.3) is 0 Å². The molecule has 120 valence electrons. The summed E-state index contributed by atoms with van der Waals surface area (Å²) in [6.07, 6.45) is 1.14. The van der Waals surface area contributed by atoms with Crippen LogP contribution < -0.4 is 10.0 Å². The number of non-ortho nitro benzene ring substituents is 1. The van der Waals surface area contributed by atoms with Gasteiger partial charge < -0.3 is 5.32 Å². The van der Waals surface area contributed by atoms with Gasteiger partial charge in [-0.1, -0.05) is 13.0 Å². The molecule has 1 aromatic rings. The molecule has 0 unspecified atom stereocenters. The predicted molar refractivity (Wildman–Crippen MR) is 83.5 cm³/mol. The highest BCUT2D eigenvalue weighted by molar-refractivity contribution is 7.89. The molecule has 9 heteroatoms. The van der Waals surface area contributed by atoms with Crippen LogP contribution in [0.1, 0.15) is 18.9 Å². The molecule has 0 spiro atoms. The van der Waals surface area contributed by atoms with Crippen molar-refractivity contribution in [2.45, 2.75) is 24.7 Å². The lowest BCUT2D eigenvalue weighted by Crippen LogP contribution is -2.27. The molecule has 0 aliphatic heterocycles. The second kappa shape index (κ2) is 8.93. The number of rotatable bonds is 8. The highest BCUT2D eigenvalue weighted by atomic mass is 35.5. The van der Waals surface area contributed by atoms with Crippen LogP contribution in [0.3, 0.4) is 0 Å². The van der Waals surface area contributed by atoms with Gasteiger partial charge in [-0.2, -0.15) is 0 Å². The van der Waals surface area contributed by atoms with E-state index < -0.39 is 14.9 Å². The van der Waals surface area contributed by atoms with Gasteiger partial charge in [0, 0.05) is 18.7 Å². The van der Waals surface area contributed by atoms with Crippen molar-refractivity contribution in [1.82, 2.24) is 10.0 Å². The minimum Gasteiger partial charge on any atom is -0.320 e. The molecule has 0 fully saturated rings. The Morgan fingerprint density at radius 2 is 1.95 bits per heavy atom. The molecule has 0 amide bonds. The molecule has 0 bridgehead atoms. The number of hydrogen-bond donors (Lipinski definition) is 2. The number of nitro groups is 1. The van der Waals surface area contributed by atoms with Gasteiger partial charge in [0.15, 0.2) is 0 Å². The quantitative estimate of drug-likeness (QED) is 0.425.